The molecule has 7 heteroatoms. The molecule has 0 spiro atoms. The Kier molecular flexibility index (Phi) is 4.56. The van der Waals surface area contributed by atoms with E-state index in [2.05, 4.69) is 10.3 Å². The van der Waals surface area contributed by atoms with Crippen molar-refractivity contribution in [2.45, 2.75) is 6.54 Å². The van der Waals surface area contributed by atoms with Gasteiger partial charge in [0.15, 0.2) is 11.5 Å². The number of hydrogen-bond acceptors (Lipinski definition) is 3. The minimum absolute atomic E-state index is 0.00307. The number of nitrogens with one attached hydrogen (secondary N) is 1. The summed E-state index contributed by atoms with van der Waals surface area (Å²) in [4.78, 5) is 28.1. The van der Waals surface area contributed by atoms with Crippen LogP contribution in [-0.4, -0.2) is 21.4 Å². The number of primary amides is 1. The third-order valence-corrected chi connectivity index (χ3v) is 3.62. The van der Waals surface area contributed by atoms with Crippen LogP contribution < -0.4 is 11.1 Å². The molecule has 0 aliphatic carbocycles. The number of anilines is 1. The van der Waals surface area contributed by atoms with E-state index in [0.717, 1.165) is 5.56 Å². The summed E-state index contributed by atoms with van der Waals surface area (Å²) in [6, 6.07) is 15.0. The number of rotatable bonds is 5. The predicted molar refractivity (Wildman–Crippen MR) is 90.6 cm³/mol. The van der Waals surface area contributed by atoms with Crippen LogP contribution in [0.3, 0.4) is 0 Å². The van der Waals surface area contributed by atoms with E-state index in [4.69, 9.17) is 5.73 Å². The number of halogens is 1. The molecule has 0 fully saturated rings. The largest absolute Gasteiger partial charge is 0.364 e. The lowest BCUT2D eigenvalue weighted by molar-refractivity contribution is 0.0993. The Balaban J connectivity index is 1.88. The number of carbonyl (C=O) groups is 2. The van der Waals surface area contributed by atoms with Crippen molar-refractivity contribution < 1.29 is 14.0 Å². The molecular weight excluding hydrogens is 323 g/mol. The second-order valence-corrected chi connectivity index (χ2v) is 5.35. The summed E-state index contributed by atoms with van der Waals surface area (Å²) < 4.78 is 15.3. The molecule has 126 valence electrons. The van der Waals surface area contributed by atoms with Gasteiger partial charge in [-0.2, -0.15) is 0 Å². The van der Waals surface area contributed by atoms with E-state index in [1.54, 1.807) is 6.07 Å². The number of aromatic nitrogens is 2. The van der Waals surface area contributed by atoms with E-state index in [0.29, 0.717) is 6.54 Å². The lowest BCUT2D eigenvalue weighted by Crippen LogP contribution is -2.21. The molecule has 2 aromatic carbocycles. The van der Waals surface area contributed by atoms with Gasteiger partial charge in [0.2, 0.25) is 0 Å². The Hall–Kier alpha value is -3.48. The molecule has 0 bridgehead atoms. The predicted octanol–water partition coefficient (Wildman–Crippen LogP) is 2.42. The van der Waals surface area contributed by atoms with Crippen molar-refractivity contribution >= 4 is 17.6 Å². The van der Waals surface area contributed by atoms with Crippen molar-refractivity contribution in [2.75, 3.05) is 5.32 Å². The van der Waals surface area contributed by atoms with Crippen molar-refractivity contribution in [1.29, 1.82) is 0 Å². The number of nitrogens with zero attached hydrogens (tertiary/aromatic N) is 2. The first-order valence-electron chi connectivity index (χ1n) is 7.51. The molecule has 0 atom stereocenters. The van der Waals surface area contributed by atoms with E-state index in [-0.39, 0.29) is 17.1 Å². The molecule has 0 unspecified atom stereocenters. The van der Waals surface area contributed by atoms with Gasteiger partial charge in [0.1, 0.15) is 5.82 Å². The van der Waals surface area contributed by atoms with Crippen LogP contribution in [0.25, 0.3) is 0 Å². The maximum absolute atomic E-state index is 13.7. The van der Waals surface area contributed by atoms with E-state index < -0.39 is 17.6 Å². The molecule has 0 aliphatic rings. The fourth-order valence-electron chi connectivity index (χ4n) is 2.45. The molecule has 3 N–H and O–H groups in total. The molecule has 0 aliphatic heterocycles. The molecular formula is C18H15FN4O2. The number of benzene rings is 2. The molecule has 3 rings (SSSR count). The van der Waals surface area contributed by atoms with Crippen molar-refractivity contribution in [2.24, 2.45) is 5.73 Å². The Morgan fingerprint density at radius 2 is 1.76 bits per heavy atom. The third-order valence-electron chi connectivity index (χ3n) is 3.62. The zero-order chi connectivity index (χ0) is 17.8. The molecule has 1 heterocycles. The molecule has 0 saturated heterocycles. The zero-order valence-electron chi connectivity index (χ0n) is 13.1. The van der Waals surface area contributed by atoms with Crippen LogP contribution in [0.2, 0.25) is 0 Å². The summed E-state index contributed by atoms with van der Waals surface area (Å²) in [6.45, 7) is 0.363. The minimum atomic E-state index is -0.739. The van der Waals surface area contributed by atoms with Crippen LogP contribution in [-0.2, 0) is 6.54 Å². The van der Waals surface area contributed by atoms with Crippen LogP contribution in [0.1, 0.15) is 26.4 Å². The van der Waals surface area contributed by atoms with Crippen molar-refractivity contribution in [3.05, 3.63) is 83.6 Å². The van der Waals surface area contributed by atoms with Crippen molar-refractivity contribution in [3.8, 4) is 0 Å². The van der Waals surface area contributed by atoms with Gasteiger partial charge in [0.25, 0.3) is 11.8 Å². The standard InChI is InChI=1S/C18H15FN4O2/c19-14-9-5-4-8-13(14)18(25)22-17-15(16(20)24)23(11-21-17)10-12-6-2-1-3-7-12/h1-9,11H,10H2,(H2,20,24)(H,22,25). The van der Waals surface area contributed by atoms with Crippen LogP contribution in [0.4, 0.5) is 10.2 Å². The maximum Gasteiger partial charge on any atom is 0.269 e. The summed E-state index contributed by atoms with van der Waals surface area (Å²) in [5.74, 6) is -2.11. The monoisotopic (exact) mass is 338 g/mol. The summed E-state index contributed by atoms with van der Waals surface area (Å²) in [5.41, 5.74) is 6.28. The number of amides is 2. The summed E-state index contributed by atoms with van der Waals surface area (Å²) in [7, 11) is 0. The molecule has 25 heavy (non-hydrogen) atoms. The second-order valence-electron chi connectivity index (χ2n) is 5.35. The van der Waals surface area contributed by atoms with Gasteiger partial charge < -0.3 is 15.6 Å². The van der Waals surface area contributed by atoms with Gasteiger partial charge in [-0.25, -0.2) is 9.37 Å². The van der Waals surface area contributed by atoms with Gasteiger partial charge in [0, 0.05) is 6.54 Å². The summed E-state index contributed by atoms with van der Waals surface area (Å²) in [5, 5.41) is 2.44. The highest BCUT2D eigenvalue weighted by Gasteiger charge is 2.20. The first kappa shape index (κ1) is 16.4. The Morgan fingerprint density at radius 1 is 1.08 bits per heavy atom. The number of imidazole rings is 1. The lowest BCUT2D eigenvalue weighted by Gasteiger charge is -2.08. The van der Waals surface area contributed by atoms with E-state index in [1.165, 1.54) is 29.1 Å². The average molecular weight is 338 g/mol. The van der Waals surface area contributed by atoms with E-state index >= 15 is 0 Å². The fraction of sp³-hybridized carbons (Fsp3) is 0.0556. The van der Waals surface area contributed by atoms with Gasteiger partial charge in [-0.3, -0.25) is 9.59 Å². The average Bonchev–Trinajstić information content (AvgIpc) is 2.98. The number of carbonyl (C=O) groups excluding carboxylic acids is 2. The first-order valence-corrected chi connectivity index (χ1v) is 7.51. The number of hydrogen-bond donors (Lipinski definition) is 2. The molecule has 0 saturated carbocycles. The first-order chi connectivity index (χ1) is 12.1. The highest BCUT2D eigenvalue weighted by atomic mass is 19.1. The smallest absolute Gasteiger partial charge is 0.269 e. The second kappa shape index (κ2) is 6.96. The van der Waals surface area contributed by atoms with E-state index in [1.807, 2.05) is 30.3 Å². The molecule has 6 nitrogen and oxygen atoms in total. The minimum Gasteiger partial charge on any atom is -0.364 e. The number of nitrogens with two attached hydrogens (primary N) is 1. The Bertz CT molecular complexity index is 922. The third kappa shape index (κ3) is 3.55. The highest BCUT2D eigenvalue weighted by Crippen LogP contribution is 2.17. The highest BCUT2D eigenvalue weighted by molar-refractivity contribution is 6.07. The SMILES string of the molecule is NC(=O)c1c(NC(=O)c2ccccc2F)ncn1Cc1ccccc1. The molecule has 3 aromatic rings. The molecule has 2 amide bonds. The molecule has 1 aromatic heterocycles. The summed E-state index contributed by atoms with van der Waals surface area (Å²) in [6.07, 6.45) is 1.41. The zero-order valence-corrected chi connectivity index (χ0v) is 13.1. The van der Waals surface area contributed by atoms with Crippen molar-refractivity contribution in [3.63, 3.8) is 0 Å². The van der Waals surface area contributed by atoms with E-state index in [9.17, 15) is 14.0 Å². The normalized spacial score (nSPS) is 10.4. The van der Waals surface area contributed by atoms with Crippen LogP contribution in [0, 0.1) is 5.82 Å². The van der Waals surface area contributed by atoms with Crippen LogP contribution in [0.5, 0.6) is 0 Å². The summed E-state index contributed by atoms with van der Waals surface area (Å²) >= 11 is 0. The molecule has 0 radical (unpaired) electrons. The van der Waals surface area contributed by atoms with Crippen LogP contribution >= 0.6 is 0 Å². The Labute approximate surface area is 143 Å². The quantitative estimate of drug-likeness (QED) is 0.748. The topological polar surface area (TPSA) is 90.0 Å². The van der Waals surface area contributed by atoms with Gasteiger partial charge >= 0.3 is 0 Å². The lowest BCUT2D eigenvalue weighted by atomic mass is 10.2. The van der Waals surface area contributed by atoms with Gasteiger partial charge in [-0.1, -0.05) is 42.5 Å². The van der Waals surface area contributed by atoms with Crippen molar-refractivity contribution in [1.82, 2.24) is 9.55 Å². The van der Waals surface area contributed by atoms with Crippen LogP contribution in [0.15, 0.2) is 60.9 Å². The maximum atomic E-state index is 13.7. The van der Waals surface area contributed by atoms with Gasteiger partial charge in [-0.05, 0) is 17.7 Å². The van der Waals surface area contributed by atoms with Gasteiger partial charge in [0.05, 0.1) is 11.9 Å². The fourth-order valence-corrected chi connectivity index (χ4v) is 2.45. The van der Waals surface area contributed by atoms with Gasteiger partial charge in [-0.15, -0.1) is 0 Å². The Morgan fingerprint density at radius 3 is 2.44 bits per heavy atom.